The van der Waals surface area contributed by atoms with E-state index in [0.29, 0.717) is 0 Å². The first-order valence-electron chi connectivity index (χ1n) is 24.9. The van der Waals surface area contributed by atoms with E-state index in [1.54, 1.807) is 0 Å². The molecule has 15 rings (SSSR count). The molecule has 11 aromatic carbocycles. The lowest BCUT2D eigenvalue weighted by atomic mass is 9.34. The first-order chi connectivity index (χ1) is 34.9. The number of rotatable bonds is 6. The second-order valence-electron chi connectivity index (χ2n) is 19.9. The number of benzene rings is 11. The SMILES string of the molecule is Cc1cc(N(c2cc(C)c3ccccc3c2)c2ccc3c4c2ccn4-c2cccc4c2B3c2ccc(N(c3ccc(C)c5ccccc35)c3ccc(C)c5ccccc35)c3ccn-4c23)cc2ccccc12. The van der Waals surface area contributed by atoms with E-state index in [1.807, 2.05) is 0 Å². The lowest BCUT2D eigenvalue weighted by molar-refractivity contribution is 1.09. The Hall–Kier alpha value is -8.80. The smallest absolute Gasteiger partial charge is 0.252 e. The standard InChI is InChI=1S/C66H47BN4/c1-40-24-28-58(52-20-11-9-18-50(40)52)71(59-29-25-41(2)51-19-10-12-21-53(51)59)61-31-27-57-66-55(61)33-35-69(66)63-23-13-22-62-64(63)67(57)56-26-30-60(54-32-34-68(62)65(54)56)70(46-36-42(3)48-16-7-5-14-44(48)38-46)47-37-43(4)49-17-8-6-15-45(49)39-47/h5-39H,1-4H3. The summed E-state index contributed by atoms with van der Waals surface area (Å²) in [5, 5.41) is 12.5. The van der Waals surface area contributed by atoms with Crippen molar-refractivity contribution in [1.82, 2.24) is 9.13 Å². The van der Waals surface area contributed by atoms with Gasteiger partial charge in [0.1, 0.15) is 0 Å². The van der Waals surface area contributed by atoms with Crippen LogP contribution >= 0.6 is 0 Å². The second kappa shape index (κ2) is 14.9. The molecule has 0 saturated heterocycles. The lowest BCUT2D eigenvalue weighted by Crippen LogP contribution is -2.59. The molecule has 0 unspecified atom stereocenters. The average Bonchev–Trinajstić information content (AvgIpc) is 4.06. The molecule has 0 spiro atoms. The highest BCUT2D eigenvalue weighted by molar-refractivity contribution is 7.00. The summed E-state index contributed by atoms with van der Waals surface area (Å²) in [4.78, 5) is 5.04. The number of nitrogens with zero attached hydrogens (tertiary/aromatic N) is 4. The highest BCUT2D eigenvalue weighted by Crippen LogP contribution is 2.48. The molecule has 0 fully saturated rings. The summed E-state index contributed by atoms with van der Waals surface area (Å²) in [5.74, 6) is 0. The molecule has 2 aliphatic heterocycles. The van der Waals surface area contributed by atoms with Crippen molar-refractivity contribution in [3.8, 4) is 11.4 Å². The predicted octanol–water partition coefficient (Wildman–Crippen LogP) is 15.5. The minimum absolute atomic E-state index is 0.0206. The van der Waals surface area contributed by atoms with Gasteiger partial charge in [-0.05, 0) is 171 Å². The quantitative estimate of drug-likeness (QED) is 0.155. The molecule has 4 heterocycles. The minimum atomic E-state index is 0.0206. The van der Waals surface area contributed by atoms with Crippen molar-refractivity contribution in [2.75, 3.05) is 9.80 Å². The van der Waals surface area contributed by atoms with Gasteiger partial charge in [0, 0.05) is 56.7 Å². The lowest BCUT2D eigenvalue weighted by Gasteiger charge is -2.35. The fraction of sp³-hybridized carbons (Fsp3) is 0.0606. The van der Waals surface area contributed by atoms with Gasteiger partial charge < -0.3 is 18.9 Å². The van der Waals surface area contributed by atoms with Crippen molar-refractivity contribution in [1.29, 1.82) is 0 Å². The fourth-order valence-corrected chi connectivity index (χ4v) is 12.8. The molecule has 0 amide bonds. The topological polar surface area (TPSA) is 16.3 Å². The third-order valence-corrected chi connectivity index (χ3v) is 16.0. The third-order valence-electron chi connectivity index (χ3n) is 16.0. The highest BCUT2D eigenvalue weighted by Gasteiger charge is 2.40. The molecule has 0 radical (unpaired) electrons. The van der Waals surface area contributed by atoms with Crippen LogP contribution in [0, 0.1) is 27.7 Å². The Bertz CT molecular complexity index is 4270. The molecule has 0 atom stereocenters. The first-order valence-corrected chi connectivity index (χ1v) is 24.9. The Balaban J connectivity index is 0.968. The van der Waals surface area contributed by atoms with E-state index < -0.39 is 0 Å². The van der Waals surface area contributed by atoms with Crippen LogP contribution in [-0.2, 0) is 0 Å². The van der Waals surface area contributed by atoms with E-state index in [1.165, 1.54) is 126 Å². The normalized spacial score (nSPS) is 12.5. The number of anilines is 6. The average molecular weight is 907 g/mol. The van der Waals surface area contributed by atoms with Crippen LogP contribution < -0.4 is 26.2 Å². The van der Waals surface area contributed by atoms with Gasteiger partial charge in [-0.1, -0.05) is 127 Å². The maximum absolute atomic E-state index is 2.54. The van der Waals surface area contributed by atoms with Crippen molar-refractivity contribution < 1.29 is 0 Å². The molecule has 334 valence electrons. The first kappa shape index (κ1) is 40.1. The van der Waals surface area contributed by atoms with E-state index in [2.05, 4.69) is 259 Å². The van der Waals surface area contributed by atoms with Crippen molar-refractivity contribution in [2.45, 2.75) is 27.7 Å². The Morgan fingerprint density at radius 2 is 0.732 bits per heavy atom. The molecule has 2 aromatic heterocycles. The summed E-state index contributed by atoms with van der Waals surface area (Å²) in [5.41, 5.74) is 21.0. The van der Waals surface area contributed by atoms with Gasteiger partial charge in [-0.3, -0.25) is 0 Å². The van der Waals surface area contributed by atoms with Crippen LogP contribution in [0.3, 0.4) is 0 Å². The maximum atomic E-state index is 2.54. The largest absolute Gasteiger partial charge is 0.317 e. The number of aryl methyl sites for hydroxylation is 4. The number of aromatic nitrogens is 2. The van der Waals surface area contributed by atoms with Crippen molar-refractivity contribution >= 4 is 122 Å². The van der Waals surface area contributed by atoms with Crippen molar-refractivity contribution in [2.24, 2.45) is 0 Å². The van der Waals surface area contributed by atoms with Gasteiger partial charge in [0.05, 0.1) is 33.8 Å². The number of fused-ring (bicyclic) bond motifs is 8. The molecule has 4 nitrogen and oxygen atoms in total. The molecule has 0 aliphatic carbocycles. The van der Waals surface area contributed by atoms with Crippen molar-refractivity contribution in [3.63, 3.8) is 0 Å². The molecule has 13 aromatic rings. The maximum Gasteiger partial charge on any atom is 0.252 e. The molecule has 71 heavy (non-hydrogen) atoms. The number of hydrogen-bond donors (Lipinski definition) is 0. The summed E-state index contributed by atoms with van der Waals surface area (Å²) in [6, 6.07) is 75.3. The van der Waals surface area contributed by atoms with Gasteiger partial charge >= 0.3 is 0 Å². The van der Waals surface area contributed by atoms with Gasteiger partial charge in [-0.15, -0.1) is 0 Å². The van der Waals surface area contributed by atoms with Crippen molar-refractivity contribution in [3.05, 3.63) is 235 Å². The molecule has 5 heteroatoms. The molecule has 0 bridgehead atoms. The van der Waals surface area contributed by atoms with E-state index in [9.17, 15) is 0 Å². The van der Waals surface area contributed by atoms with E-state index in [4.69, 9.17) is 0 Å². The van der Waals surface area contributed by atoms with Crippen LogP contribution in [0.1, 0.15) is 22.3 Å². The minimum Gasteiger partial charge on any atom is -0.317 e. The van der Waals surface area contributed by atoms with Gasteiger partial charge in [0.15, 0.2) is 0 Å². The zero-order chi connectivity index (χ0) is 47.2. The highest BCUT2D eigenvalue weighted by atomic mass is 15.2. The Labute approximate surface area is 412 Å². The molecular weight excluding hydrogens is 860 g/mol. The summed E-state index contributed by atoms with van der Waals surface area (Å²) in [7, 11) is 0. The van der Waals surface area contributed by atoms with Crippen LogP contribution in [0.4, 0.5) is 34.1 Å². The Morgan fingerprint density at radius 1 is 0.324 bits per heavy atom. The summed E-state index contributed by atoms with van der Waals surface area (Å²) in [6.45, 7) is 8.95. The summed E-state index contributed by atoms with van der Waals surface area (Å²) >= 11 is 0. The zero-order valence-electron chi connectivity index (χ0n) is 40.1. The number of hydrogen-bond acceptors (Lipinski definition) is 2. The van der Waals surface area contributed by atoms with Gasteiger partial charge in [-0.25, -0.2) is 0 Å². The molecular formula is C66H47BN4. The molecule has 0 saturated carbocycles. The van der Waals surface area contributed by atoms with Crippen LogP contribution in [-0.4, -0.2) is 15.8 Å². The summed E-state index contributed by atoms with van der Waals surface area (Å²) < 4.78 is 4.93. The monoisotopic (exact) mass is 906 g/mol. The van der Waals surface area contributed by atoms with Gasteiger partial charge in [0.2, 0.25) is 0 Å². The van der Waals surface area contributed by atoms with E-state index in [-0.39, 0.29) is 6.71 Å². The fourth-order valence-electron chi connectivity index (χ4n) is 12.8. The van der Waals surface area contributed by atoms with E-state index >= 15 is 0 Å². The zero-order valence-corrected chi connectivity index (χ0v) is 40.1. The second-order valence-corrected chi connectivity index (χ2v) is 19.9. The Morgan fingerprint density at radius 3 is 1.23 bits per heavy atom. The summed E-state index contributed by atoms with van der Waals surface area (Å²) in [6.07, 6.45) is 4.61. The van der Waals surface area contributed by atoms with Gasteiger partial charge in [0.25, 0.3) is 6.71 Å². The molecule has 2 aliphatic rings. The van der Waals surface area contributed by atoms with Crippen LogP contribution in [0.5, 0.6) is 0 Å². The Kier molecular flexibility index (Phi) is 8.40. The van der Waals surface area contributed by atoms with E-state index in [0.717, 1.165) is 22.7 Å². The molecule has 0 N–H and O–H groups in total. The van der Waals surface area contributed by atoms with Crippen LogP contribution in [0.25, 0.3) is 76.3 Å². The van der Waals surface area contributed by atoms with Crippen LogP contribution in [0.2, 0.25) is 0 Å². The predicted molar refractivity (Wildman–Crippen MR) is 303 cm³/mol. The van der Waals surface area contributed by atoms with Gasteiger partial charge in [-0.2, -0.15) is 0 Å². The third kappa shape index (κ3) is 5.63. The van der Waals surface area contributed by atoms with Crippen LogP contribution in [0.15, 0.2) is 213 Å².